The highest BCUT2D eigenvalue weighted by molar-refractivity contribution is 7.89. The van der Waals surface area contributed by atoms with Gasteiger partial charge in [0.25, 0.3) is 0 Å². The number of nitrogens with one attached hydrogen (secondary N) is 3. The molecule has 0 bridgehead atoms. The molecular weight excluding hydrogens is 388 g/mol. The number of sulfonamides is 1. The van der Waals surface area contributed by atoms with E-state index in [9.17, 15) is 8.42 Å². The molecule has 0 aliphatic heterocycles. The molecule has 0 atom stereocenters. The third kappa shape index (κ3) is 6.97. The molecule has 1 aliphatic carbocycles. The Bertz CT molecular complexity index is 789. The third-order valence-corrected chi connectivity index (χ3v) is 7.11. The van der Waals surface area contributed by atoms with Crippen LogP contribution in [0.1, 0.15) is 43.7 Å². The van der Waals surface area contributed by atoms with Gasteiger partial charge in [0.05, 0.1) is 4.90 Å². The molecule has 3 N–H and O–H groups in total. The van der Waals surface area contributed by atoms with Crippen LogP contribution in [0, 0.1) is 19.3 Å². The molecule has 0 aromatic heterocycles. The highest BCUT2D eigenvalue weighted by atomic mass is 32.2. The van der Waals surface area contributed by atoms with Crippen LogP contribution in [0.25, 0.3) is 0 Å². The summed E-state index contributed by atoms with van der Waals surface area (Å²) in [7, 11) is -1.79. The Morgan fingerprint density at radius 2 is 1.97 bits per heavy atom. The summed E-state index contributed by atoms with van der Waals surface area (Å²) < 4.78 is 33.1. The highest BCUT2D eigenvalue weighted by Crippen LogP contribution is 2.44. The molecule has 1 aliphatic rings. The number of hydrogen-bond acceptors (Lipinski definition) is 4. The van der Waals surface area contributed by atoms with Crippen LogP contribution in [-0.4, -0.2) is 54.3 Å². The van der Waals surface area contributed by atoms with E-state index < -0.39 is 10.0 Å². The second-order valence-corrected chi connectivity index (χ2v) is 9.62. The lowest BCUT2D eigenvalue weighted by Crippen LogP contribution is -2.43. The Hall–Kier alpha value is -1.64. The number of methoxy groups -OCH3 is 1. The minimum atomic E-state index is -3.53. The van der Waals surface area contributed by atoms with Gasteiger partial charge in [-0.2, -0.15) is 0 Å². The van der Waals surface area contributed by atoms with E-state index in [0.29, 0.717) is 11.4 Å². The third-order valence-electron chi connectivity index (χ3n) is 5.51. The van der Waals surface area contributed by atoms with E-state index in [1.54, 1.807) is 13.2 Å². The van der Waals surface area contributed by atoms with E-state index in [0.717, 1.165) is 43.2 Å². The second-order valence-electron chi connectivity index (χ2n) is 7.89. The van der Waals surface area contributed by atoms with Crippen LogP contribution in [0.2, 0.25) is 0 Å². The monoisotopic (exact) mass is 424 g/mol. The Morgan fingerprint density at radius 3 is 2.59 bits per heavy atom. The largest absolute Gasteiger partial charge is 0.385 e. The van der Waals surface area contributed by atoms with Gasteiger partial charge in [-0.25, -0.2) is 13.1 Å². The first-order valence-corrected chi connectivity index (χ1v) is 11.9. The SMILES string of the molecule is CCNC(=NCC1(CCOC)CCC1)NCCNS(=O)(=O)c1cc(C)ccc1C. The number of aryl methyl sites for hydroxylation is 2. The van der Waals surface area contributed by atoms with Crippen LogP contribution in [0.4, 0.5) is 0 Å². The molecule has 0 radical (unpaired) electrons. The topological polar surface area (TPSA) is 91.8 Å². The van der Waals surface area contributed by atoms with Gasteiger partial charge in [-0.15, -0.1) is 0 Å². The Balaban J connectivity index is 1.88. The lowest BCUT2D eigenvalue weighted by Gasteiger charge is -2.40. The number of benzene rings is 1. The first kappa shape index (κ1) is 23.6. The fraction of sp³-hybridized carbons (Fsp3) is 0.667. The first-order chi connectivity index (χ1) is 13.8. The summed E-state index contributed by atoms with van der Waals surface area (Å²) >= 11 is 0. The van der Waals surface area contributed by atoms with Crippen LogP contribution in [0.15, 0.2) is 28.1 Å². The summed E-state index contributed by atoms with van der Waals surface area (Å²) in [5, 5.41) is 6.46. The lowest BCUT2D eigenvalue weighted by molar-refractivity contribution is 0.0778. The molecule has 7 nitrogen and oxygen atoms in total. The fourth-order valence-electron chi connectivity index (χ4n) is 3.51. The predicted molar refractivity (Wildman–Crippen MR) is 118 cm³/mol. The molecule has 0 heterocycles. The fourth-order valence-corrected chi connectivity index (χ4v) is 4.87. The van der Waals surface area contributed by atoms with Gasteiger partial charge < -0.3 is 15.4 Å². The minimum absolute atomic E-state index is 0.253. The molecule has 0 spiro atoms. The maximum atomic E-state index is 12.6. The lowest BCUT2D eigenvalue weighted by atomic mass is 9.67. The van der Waals surface area contributed by atoms with E-state index in [4.69, 9.17) is 9.73 Å². The van der Waals surface area contributed by atoms with Crippen LogP contribution in [-0.2, 0) is 14.8 Å². The van der Waals surface area contributed by atoms with Crippen LogP contribution < -0.4 is 15.4 Å². The molecule has 1 saturated carbocycles. The van der Waals surface area contributed by atoms with E-state index >= 15 is 0 Å². The molecule has 164 valence electrons. The van der Waals surface area contributed by atoms with Crippen molar-refractivity contribution in [3.63, 3.8) is 0 Å². The van der Waals surface area contributed by atoms with Gasteiger partial charge in [-0.05, 0) is 62.6 Å². The van der Waals surface area contributed by atoms with Crippen LogP contribution >= 0.6 is 0 Å². The summed E-state index contributed by atoms with van der Waals surface area (Å²) in [5.41, 5.74) is 1.92. The number of aliphatic imine (C=N–C) groups is 1. The summed E-state index contributed by atoms with van der Waals surface area (Å²) in [6, 6.07) is 5.45. The van der Waals surface area contributed by atoms with Crippen molar-refractivity contribution in [2.45, 2.75) is 51.3 Å². The molecule has 0 amide bonds. The molecule has 1 fully saturated rings. The number of rotatable bonds is 11. The molecule has 1 aromatic rings. The van der Waals surface area contributed by atoms with Gasteiger partial charge in [0.1, 0.15) is 0 Å². The van der Waals surface area contributed by atoms with Gasteiger partial charge in [-0.3, -0.25) is 4.99 Å². The maximum Gasteiger partial charge on any atom is 0.240 e. The van der Waals surface area contributed by atoms with Crippen LogP contribution in [0.3, 0.4) is 0 Å². The molecule has 2 rings (SSSR count). The van der Waals surface area contributed by atoms with Crippen molar-refractivity contribution in [2.24, 2.45) is 10.4 Å². The number of guanidine groups is 1. The highest BCUT2D eigenvalue weighted by Gasteiger charge is 2.36. The van der Waals surface area contributed by atoms with E-state index in [2.05, 4.69) is 15.4 Å². The zero-order chi connectivity index (χ0) is 21.3. The maximum absolute atomic E-state index is 12.6. The Kier molecular flexibility index (Phi) is 8.92. The van der Waals surface area contributed by atoms with Crippen molar-refractivity contribution in [1.82, 2.24) is 15.4 Å². The Labute approximate surface area is 175 Å². The Morgan fingerprint density at radius 1 is 1.21 bits per heavy atom. The summed E-state index contributed by atoms with van der Waals surface area (Å²) in [6.07, 6.45) is 4.66. The summed E-state index contributed by atoms with van der Waals surface area (Å²) in [4.78, 5) is 5.08. The minimum Gasteiger partial charge on any atom is -0.385 e. The van der Waals surface area contributed by atoms with Crippen molar-refractivity contribution in [3.8, 4) is 0 Å². The standard InChI is InChI=1S/C21H36N4O3S/c1-5-22-20(24-16-21(9-6-10-21)11-14-28-4)23-12-13-25-29(26,27)19-15-17(2)7-8-18(19)3/h7-8,15,25H,5-6,9-14,16H2,1-4H3,(H2,22,23,24). The molecule has 8 heteroatoms. The van der Waals surface area contributed by atoms with Gasteiger partial charge in [0, 0.05) is 39.9 Å². The zero-order valence-corrected chi connectivity index (χ0v) is 19.0. The van der Waals surface area contributed by atoms with Crippen molar-refractivity contribution in [3.05, 3.63) is 29.3 Å². The average molecular weight is 425 g/mol. The molecule has 0 saturated heterocycles. The molecule has 29 heavy (non-hydrogen) atoms. The van der Waals surface area contributed by atoms with Crippen molar-refractivity contribution in [2.75, 3.05) is 39.9 Å². The van der Waals surface area contributed by atoms with Gasteiger partial charge in [0.15, 0.2) is 5.96 Å². The number of nitrogens with zero attached hydrogens (tertiary/aromatic N) is 1. The molecule has 0 unspecified atom stereocenters. The average Bonchev–Trinajstić information content (AvgIpc) is 2.65. The normalized spacial score (nSPS) is 16.3. The number of hydrogen-bond donors (Lipinski definition) is 3. The summed E-state index contributed by atoms with van der Waals surface area (Å²) in [6.45, 7) is 8.74. The van der Waals surface area contributed by atoms with Gasteiger partial charge in [0.2, 0.25) is 10.0 Å². The molecule has 1 aromatic carbocycles. The molecular formula is C21H36N4O3S. The van der Waals surface area contributed by atoms with Crippen molar-refractivity contribution in [1.29, 1.82) is 0 Å². The quantitative estimate of drug-likeness (QED) is 0.288. The number of ether oxygens (including phenoxy) is 1. The van der Waals surface area contributed by atoms with Gasteiger partial charge in [-0.1, -0.05) is 18.6 Å². The van der Waals surface area contributed by atoms with E-state index in [1.807, 2.05) is 32.9 Å². The van der Waals surface area contributed by atoms with Crippen LogP contribution in [0.5, 0.6) is 0 Å². The van der Waals surface area contributed by atoms with Gasteiger partial charge >= 0.3 is 0 Å². The van der Waals surface area contributed by atoms with E-state index in [1.165, 1.54) is 19.3 Å². The van der Waals surface area contributed by atoms with Crippen molar-refractivity contribution < 1.29 is 13.2 Å². The predicted octanol–water partition coefficient (Wildman–Crippen LogP) is 2.34. The summed E-state index contributed by atoms with van der Waals surface area (Å²) in [5.74, 6) is 0.724. The second kappa shape index (κ2) is 10.9. The zero-order valence-electron chi connectivity index (χ0n) is 18.2. The smallest absolute Gasteiger partial charge is 0.240 e. The van der Waals surface area contributed by atoms with Crippen molar-refractivity contribution >= 4 is 16.0 Å². The van der Waals surface area contributed by atoms with E-state index in [-0.39, 0.29) is 12.0 Å². The first-order valence-electron chi connectivity index (χ1n) is 10.4.